The van der Waals surface area contributed by atoms with Crippen LogP contribution in [0.1, 0.15) is 37.4 Å². The first-order valence-electron chi connectivity index (χ1n) is 6.38. The maximum Gasteiger partial charge on any atom is 0.390 e. The van der Waals surface area contributed by atoms with Gasteiger partial charge in [-0.25, -0.2) is 0 Å². The number of benzene rings is 1. The molecule has 5 heteroatoms. The molecule has 0 bridgehead atoms. The maximum absolute atomic E-state index is 12.3. The highest BCUT2D eigenvalue weighted by molar-refractivity contribution is 5.25. The number of nitrogens with one attached hydrogen (secondary N) is 1. The fourth-order valence-electron chi connectivity index (χ4n) is 1.99. The van der Waals surface area contributed by atoms with Gasteiger partial charge in [-0.3, -0.25) is 0 Å². The van der Waals surface area contributed by atoms with Crippen molar-refractivity contribution in [2.75, 3.05) is 6.61 Å². The summed E-state index contributed by atoms with van der Waals surface area (Å²) in [7, 11) is 0. The van der Waals surface area contributed by atoms with Crippen LogP contribution in [-0.4, -0.2) is 23.9 Å². The Kier molecular flexibility index (Phi) is 5.82. The summed E-state index contributed by atoms with van der Waals surface area (Å²) in [4.78, 5) is 0. The van der Waals surface area contributed by atoms with Crippen LogP contribution in [0.2, 0.25) is 0 Å². The van der Waals surface area contributed by atoms with E-state index in [-0.39, 0.29) is 6.61 Å². The van der Waals surface area contributed by atoms with Crippen molar-refractivity contribution >= 4 is 0 Å². The van der Waals surface area contributed by atoms with Crippen LogP contribution in [-0.2, 0) is 6.42 Å². The van der Waals surface area contributed by atoms with E-state index >= 15 is 0 Å². The van der Waals surface area contributed by atoms with Crippen molar-refractivity contribution in [3.8, 4) is 0 Å². The largest absolute Gasteiger partial charge is 0.394 e. The first-order valence-corrected chi connectivity index (χ1v) is 6.38. The highest BCUT2D eigenvalue weighted by Gasteiger charge is 2.30. The van der Waals surface area contributed by atoms with E-state index in [0.29, 0.717) is 0 Å². The van der Waals surface area contributed by atoms with E-state index in [2.05, 4.69) is 5.32 Å². The monoisotopic (exact) mass is 275 g/mol. The van der Waals surface area contributed by atoms with Gasteiger partial charge in [-0.05, 0) is 24.5 Å². The van der Waals surface area contributed by atoms with Crippen molar-refractivity contribution in [1.29, 1.82) is 0 Å². The molecule has 1 aromatic rings. The lowest BCUT2D eigenvalue weighted by atomic mass is 10.0. The first-order chi connectivity index (χ1) is 8.85. The van der Waals surface area contributed by atoms with E-state index in [1.807, 2.05) is 31.2 Å². The van der Waals surface area contributed by atoms with E-state index in [1.165, 1.54) is 6.92 Å². The van der Waals surface area contributed by atoms with E-state index in [1.54, 1.807) is 0 Å². The molecule has 2 atom stereocenters. The molecule has 0 aliphatic carbocycles. The van der Waals surface area contributed by atoms with Crippen molar-refractivity contribution < 1.29 is 18.3 Å². The molecule has 1 aromatic carbocycles. The van der Waals surface area contributed by atoms with Crippen LogP contribution in [0.4, 0.5) is 13.2 Å². The Bertz CT molecular complexity index is 375. The van der Waals surface area contributed by atoms with Crippen LogP contribution in [0.5, 0.6) is 0 Å². The zero-order valence-electron chi connectivity index (χ0n) is 11.2. The van der Waals surface area contributed by atoms with E-state index < -0.39 is 24.7 Å². The molecule has 0 fully saturated rings. The fraction of sp³-hybridized carbons (Fsp3) is 0.571. The number of aliphatic hydroxyl groups is 1. The Balaban J connectivity index is 2.66. The number of aryl methyl sites for hydroxylation is 1. The number of hydrogen-bond donors (Lipinski definition) is 2. The summed E-state index contributed by atoms with van der Waals surface area (Å²) in [6.07, 6.45) is -4.20. The van der Waals surface area contributed by atoms with Gasteiger partial charge in [0.05, 0.1) is 19.1 Å². The average Bonchev–Trinajstić information content (AvgIpc) is 2.34. The topological polar surface area (TPSA) is 32.3 Å². The van der Waals surface area contributed by atoms with Gasteiger partial charge in [-0.2, -0.15) is 13.2 Å². The zero-order valence-corrected chi connectivity index (χ0v) is 11.2. The normalized spacial score (nSPS) is 15.3. The Morgan fingerprint density at radius 3 is 2.21 bits per heavy atom. The number of halogens is 3. The Morgan fingerprint density at radius 2 is 1.79 bits per heavy atom. The molecule has 0 amide bonds. The van der Waals surface area contributed by atoms with Crippen LogP contribution in [0, 0.1) is 0 Å². The van der Waals surface area contributed by atoms with Crippen LogP contribution >= 0.6 is 0 Å². The summed E-state index contributed by atoms with van der Waals surface area (Å²) in [6, 6.07) is 6.33. The smallest absolute Gasteiger partial charge is 0.390 e. The average molecular weight is 275 g/mol. The summed E-state index contributed by atoms with van der Waals surface area (Å²) in [5, 5.41) is 12.1. The van der Waals surface area contributed by atoms with Gasteiger partial charge in [-0.15, -0.1) is 0 Å². The molecule has 0 heterocycles. The predicted molar refractivity (Wildman–Crippen MR) is 68.9 cm³/mol. The molecule has 1 rings (SSSR count). The van der Waals surface area contributed by atoms with Crippen molar-refractivity contribution in [2.24, 2.45) is 0 Å². The molecule has 2 nitrogen and oxygen atoms in total. The minimum absolute atomic E-state index is 0.229. The third kappa shape index (κ3) is 5.61. The lowest BCUT2D eigenvalue weighted by molar-refractivity contribution is -0.139. The second-order valence-electron chi connectivity index (χ2n) is 4.72. The zero-order chi connectivity index (χ0) is 14.5. The standard InChI is InChI=1S/C14H20F3NO/c1-3-11-4-6-12(7-5-11)13(9-19)18-10(2)8-14(15,16)17/h4-7,10,13,18-19H,3,8-9H2,1-2H3. The molecule has 0 radical (unpaired) electrons. The molecule has 0 aromatic heterocycles. The van der Waals surface area contributed by atoms with Gasteiger partial charge in [0, 0.05) is 6.04 Å². The van der Waals surface area contributed by atoms with Crippen LogP contribution in [0.25, 0.3) is 0 Å². The van der Waals surface area contributed by atoms with Gasteiger partial charge in [0.25, 0.3) is 0 Å². The van der Waals surface area contributed by atoms with Gasteiger partial charge in [0.15, 0.2) is 0 Å². The molecule has 2 N–H and O–H groups in total. The van der Waals surface area contributed by atoms with Crippen LogP contribution in [0.15, 0.2) is 24.3 Å². The lowest BCUT2D eigenvalue weighted by Crippen LogP contribution is -2.35. The van der Waals surface area contributed by atoms with E-state index in [0.717, 1.165) is 17.5 Å². The van der Waals surface area contributed by atoms with Crippen molar-refractivity contribution in [3.05, 3.63) is 35.4 Å². The molecule has 0 saturated carbocycles. The Morgan fingerprint density at radius 1 is 1.21 bits per heavy atom. The molecular weight excluding hydrogens is 255 g/mol. The number of rotatable bonds is 6. The number of hydrogen-bond acceptors (Lipinski definition) is 2. The number of alkyl halides is 3. The Hall–Kier alpha value is -1.07. The summed E-state index contributed by atoms with van der Waals surface area (Å²) in [5.74, 6) is 0. The SMILES string of the molecule is CCc1ccc(C(CO)NC(C)CC(F)(F)F)cc1. The second kappa shape index (κ2) is 6.91. The number of aliphatic hydroxyl groups excluding tert-OH is 1. The van der Waals surface area contributed by atoms with Crippen LogP contribution in [0.3, 0.4) is 0 Å². The van der Waals surface area contributed by atoms with E-state index in [9.17, 15) is 18.3 Å². The quantitative estimate of drug-likeness (QED) is 0.835. The lowest BCUT2D eigenvalue weighted by Gasteiger charge is -2.23. The fourth-order valence-corrected chi connectivity index (χ4v) is 1.99. The molecule has 108 valence electrons. The molecule has 19 heavy (non-hydrogen) atoms. The molecule has 0 aliphatic rings. The Labute approximate surface area is 111 Å². The predicted octanol–water partition coefficient (Wildman–Crippen LogP) is 3.21. The summed E-state index contributed by atoms with van der Waals surface area (Å²) < 4.78 is 36.8. The van der Waals surface area contributed by atoms with Gasteiger partial charge >= 0.3 is 6.18 Å². The van der Waals surface area contributed by atoms with Gasteiger partial charge < -0.3 is 10.4 Å². The highest BCUT2D eigenvalue weighted by atomic mass is 19.4. The first kappa shape index (κ1) is 16.0. The van der Waals surface area contributed by atoms with Crippen molar-refractivity contribution in [1.82, 2.24) is 5.32 Å². The van der Waals surface area contributed by atoms with Crippen molar-refractivity contribution in [2.45, 2.75) is 44.9 Å². The third-order valence-corrected chi connectivity index (χ3v) is 3.00. The van der Waals surface area contributed by atoms with E-state index in [4.69, 9.17) is 0 Å². The summed E-state index contributed by atoms with van der Waals surface area (Å²) in [5.41, 5.74) is 1.96. The van der Waals surface area contributed by atoms with Gasteiger partial charge in [-0.1, -0.05) is 31.2 Å². The molecule has 0 spiro atoms. The molecule has 2 unspecified atom stereocenters. The minimum atomic E-state index is -4.20. The van der Waals surface area contributed by atoms with Crippen LogP contribution < -0.4 is 5.32 Å². The molecule has 0 aliphatic heterocycles. The second-order valence-corrected chi connectivity index (χ2v) is 4.72. The molecule has 0 saturated heterocycles. The summed E-state index contributed by atoms with van der Waals surface area (Å²) in [6.45, 7) is 3.27. The minimum Gasteiger partial charge on any atom is -0.394 e. The highest BCUT2D eigenvalue weighted by Crippen LogP contribution is 2.23. The summed E-state index contributed by atoms with van der Waals surface area (Å²) >= 11 is 0. The van der Waals surface area contributed by atoms with Gasteiger partial charge in [0.2, 0.25) is 0 Å². The maximum atomic E-state index is 12.3. The molecular formula is C14H20F3NO. The third-order valence-electron chi connectivity index (χ3n) is 3.00. The van der Waals surface area contributed by atoms with Crippen molar-refractivity contribution in [3.63, 3.8) is 0 Å². The van der Waals surface area contributed by atoms with Gasteiger partial charge in [0.1, 0.15) is 0 Å².